The Morgan fingerprint density at radius 3 is 2.18 bits per heavy atom. The fourth-order valence-corrected chi connectivity index (χ4v) is 2.85. The van der Waals surface area contributed by atoms with Gasteiger partial charge in [0.25, 0.3) is 11.8 Å². The number of imidazole rings is 1. The van der Waals surface area contributed by atoms with E-state index < -0.39 is 6.04 Å². The van der Waals surface area contributed by atoms with Crippen molar-refractivity contribution in [1.29, 1.82) is 0 Å². The van der Waals surface area contributed by atoms with Gasteiger partial charge in [-0.1, -0.05) is 24.3 Å². The SMILES string of the molecule is CC(c1nc2ccccc2[nH]1)N1C(=O)c2ccccc2C1=O. The zero-order chi connectivity index (χ0) is 15.3. The number of aromatic amines is 1. The maximum atomic E-state index is 12.5. The molecule has 0 bridgehead atoms. The molecule has 2 heterocycles. The van der Waals surface area contributed by atoms with Crippen LogP contribution in [0.5, 0.6) is 0 Å². The minimum absolute atomic E-state index is 0.270. The molecule has 4 rings (SSSR count). The van der Waals surface area contributed by atoms with Crippen molar-refractivity contribution in [1.82, 2.24) is 14.9 Å². The first-order valence-corrected chi connectivity index (χ1v) is 7.08. The molecule has 0 spiro atoms. The summed E-state index contributed by atoms with van der Waals surface area (Å²) in [7, 11) is 0. The van der Waals surface area contributed by atoms with E-state index in [4.69, 9.17) is 0 Å². The van der Waals surface area contributed by atoms with E-state index in [1.165, 1.54) is 4.90 Å². The average Bonchev–Trinajstić information content (AvgIpc) is 3.08. The minimum Gasteiger partial charge on any atom is -0.340 e. The van der Waals surface area contributed by atoms with Crippen LogP contribution in [0.25, 0.3) is 11.0 Å². The number of H-pyrrole nitrogens is 1. The van der Waals surface area contributed by atoms with Crippen molar-refractivity contribution in [2.24, 2.45) is 0 Å². The molecule has 3 aromatic rings. The van der Waals surface area contributed by atoms with Crippen LogP contribution in [0.2, 0.25) is 0 Å². The Balaban J connectivity index is 1.76. The molecule has 0 fully saturated rings. The minimum atomic E-state index is -0.445. The van der Waals surface area contributed by atoms with Gasteiger partial charge in [-0.15, -0.1) is 0 Å². The standard InChI is InChI=1S/C17H13N3O2/c1-10(15-18-13-8-4-5-9-14(13)19-15)20-16(21)11-6-2-3-7-12(11)17(20)22/h2-10H,1H3,(H,18,19). The van der Waals surface area contributed by atoms with E-state index in [-0.39, 0.29) is 11.8 Å². The van der Waals surface area contributed by atoms with Crippen LogP contribution >= 0.6 is 0 Å². The number of fused-ring (bicyclic) bond motifs is 2. The lowest BCUT2D eigenvalue weighted by Crippen LogP contribution is -2.33. The monoisotopic (exact) mass is 291 g/mol. The molecule has 1 unspecified atom stereocenters. The Bertz CT molecular complexity index is 845. The lowest BCUT2D eigenvalue weighted by Gasteiger charge is -2.20. The highest BCUT2D eigenvalue weighted by Gasteiger charge is 2.39. The zero-order valence-corrected chi connectivity index (χ0v) is 11.9. The van der Waals surface area contributed by atoms with Crippen LogP contribution in [0.15, 0.2) is 48.5 Å². The molecule has 0 aliphatic carbocycles. The molecular weight excluding hydrogens is 278 g/mol. The molecule has 1 N–H and O–H groups in total. The van der Waals surface area contributed by atoms with Crippen LogP contribution in [0.4, 0.5) is 0 Å². The predicted molar refractivity (Wildman–Crippen MR) is 81.5 cm³/mol. The highest BCUT2D eigenvalue weighted by molar-refractivity contribution is 6.21. The Labute approximate surface area is 126 Å². The van der Waals surface area contributed by atoms with Gasteiger partial charge in [-0.3, -0.25) is 14.5 Å². The van der Waals surface area contributed by atoms with Crippen molar-refractivity contribution in [2.75, 3.05) is 0 Å². The van der Waals surface area contributed by atoms with Gasteiger partial charge in [-0.05, 0) is 31.2 Å². The number of nitrogens with zero attached hydrogens (tertiary/aromatic N) is 2. The molecule has 108 valence electrons. The first kappa shape index (κ1) is 12.8. The number of amides is 2. The summed E-state index contributed by atoms with van der Waals surface area (Å²) in [4.78, 5) is 33.9. The molecule has 0 saturated heterocycles. The number of aromatic nitrogens is 2. The van der Waals surface area contributed by atoms with Crippen molar-refractivity contribution < 1.29 is 9.59 Å². The Hall–Kier alpha value is -2.95. The average molecular weight is 291 g/mol. The largest absolute Gasteiger partial charge is 0.340 e. The number of carbonyl (C=O) groups is 2. The van der Waals surface area contributed by atoms with E-state index in [1.54, 1.807) is 31.2 Å². The van der Waals surface area contributed by atoms with Gasteiger partial charge in [0.15, 0.2) is 0 Å². The smallest absolute Gasteiger partial charge is 0.262 e. The summed E-state index contributed by atoms with van der Waals surface area (Å²) in [5.41, 5.74) is 2.62. The summed E-state index contributed by atoms with van der Waals surface area (Å²) in [5, 5.41) is 0. The predicted octanol–water partition coefficient (Wildman–Crippen LogP) is 2.92. The third-order valence-electron chi connectivity index (χ3n) is 4.02. The van der Waals surface area contributed by atoms with Gasteiger partial charge in [-0.2, -0.15) is 0 Å². The van der Waals surface area contributed by atoms with Crippen molar-refractivity contribution in [3.63, 3.8) is 0 Å². The Morgan fingerprint density at radius 1 is 0.955 bits per heavy atom. The van der Waals surface area contributed by atoms with E-state index in [2.05, 4.69) is 9.97 Å². The van der Waals surface area contributed by atoms with Gasteiger partial charge < -0.3 is 4.98 Å². The number of benzene rings is 2. The van der Waals surface area contributed by atoms with Crippen LogP contribution in [-0.2, 0) is 0 Å². The molecule has 0 radical (unpaired) electrons. The van der Waals surface area contributed by atoms with Crippen LogP contribution in [0.1, 0.15) is 39.5 Å². The van der Waals surface area contributed by atoms with Crippen LogP contribution in [-0.4, -0.2) is 26.7 Å². The first-order valence-electron chi connectivity index (χ1n) is 7.08. The number of imide groups is 1. The first-order chi connectivity index (χ1) is 10.7. The van der Waals surface area contributed by atoms with E-state index in [9.17, 15) is 9.59 Å². The molecule has 1 aliphatic heterocycles. The Kier molecular flexibility index (Phi) is 2.63. The van der Waals surface area contributed by atoms with Gasteiger partial charge >= 0.3 is 0 Å². The maximum absolute atomic E-state index is 12.5. The molecule has 5 nitrogen and oxygen atoms in total. The molecule has 5 heteroatoms. The van der Waals surface area contributed by atoms with Gasteiger partial charge in [0, 0.05) is 0 Å². The summed E-state index contributed by atoms with van der Waals surface area (Å²) < 4.78 is 0. The second-order valence-electron chi connectivity index (χ2n) is 5.34. The number of rotatable bonds is 2. The second kappa shape index (κ2) is 4.53. The van der Waals surface area contributed by atoms with E-state index in [0.717, 1.165) is 11.0 Å². The van der Waals surface area contributed by atoms with E-state index in [1.807, 2.05) is 24.3 Å². The van der Waals surface area contributed by atoms with Crippen molar-refractivity contribution >= 4 is 22.8 Å². The van der Waals surface area contributed by atoms with E-state index in [0.29, 0.717) is 17.0 Å². The molecule has 2 amide bonds. The fraction of sp³-hybridized carbons (Fsp3) is 0.118. The second-order valence-corrected chi connectivity index (χ2v) is 5.34. The lowest BCUT2D eigenvalue weighted by molar-refractivity contribution is 0.0589. The Morgan fingerprint density at radius 2 is 1.55 bits per heavy atom. The molecule has 0 saturated carbocycles. The topological polar surface area (TPSA) is 66.1 Å². The number of carbonyl (C=O) groups excluding carboxylic acids is 2. The van der Waals surface area contributed by atoms with Gasteiger partial charge in [0.1, 0.15) is 5.82 Å². The van der Waals surface area contributed by atoms with E-state index >= 15 is 0 Å². The van der Waals surface area contributed by atoms with Gasteiger partial charge in [0.05, 0.1) is 28.2 Å². The zero-order valence-electron chi connectivity index (χ0n) is 11.9. The van der Waals surface area contributed by atoms with Crippen LogP contribution < -0.4 is 0 Å². The third kappa shape index (κ3) is 1.69. The summed E-state index contributed by atoms with van der Waals surface area (Å²) >= 11 is 0. The fourth-order valence-electron chi connectivity index (χ4n) is 2.85. The summed E-state index contributed by atoms with van der Waals surface area (Å²) in [5.74, 6) is 0.0674. The number of para-hydroxylation sites is 2. The van der Waals surface area contributed by atoms with Crippen LogP contribution in [0, 0.1) is 0 Å². The van der Waals surface area contributed by atoms with Crippen molar-refractivity contribution in [3.05, 3.63) is 65.5 Å². The summed E-state index contributed by atoms with van der Waals surface area (Å²) in [6.07, 6.45) is 0. The number of hydrogen-bond donors (Lipinski definition) is 1. The highest BCUT2D eigenvalue weighted by Crippen LogP contribution is 2.30. The molecule has 22 heavy (non-hydrogen) atoms. The lowest BCUT2D eigenvalue weighted by atomic mass is 10.1. The number of nitrogens with one attached hydrogen (secondary N) is 1. The molecular formula is C17H13N3O2. The maximum Gasteiger partial charge on any atom is 0.262 e. The van der Waals surface area contributed by atoms with Crippen LogP contribution in [0.3, 0.4) is 0 Å². The molecule has 1 atom stereocenters. The summed E-state index contributed by atoms with van der Waals surface area (Å²) in [6.45, 7) is 1.80. The number of hydrogen-bond acceptors (Lipinski definition) is 3. The third-order valence-corrected chi connectivity index (χ3v) is 4.02. The summed E-state index contributed by atoms with van der Waals surface area (Å²) in [6, 6.07) is 14.1. The normalized spacial score (nSPS) is 15.4. The van der Waals surface area contributed by atoms with Gasteiger partial charge in [-0.25, -0.2) is 4.98 Å². The highest BCUT2D eigenvalue weighted by atomic mass is 16.2. The molecule has 2 aromatic carbocycles. The quantitative estimate of drug-likeness (QED) is 0.738. The molecule has 1 aliphatic rings. The molecule has 1 aromatic heterocycles. The van der Waals surface area contributed by atoms with Gasteiger partial charge in [0.2, 0.25) is 0 Å². The van der Waals surface area contributed by atoms with Crippen molar-refractivity contribution in [3.8, 4) is 0 Å². The van der Waals surface area contributed by atoms with Crippen molar-refractivity contribution in [2.45, 2.75) is 13.0 Å².